The Labute approximate surface area is 199 Å². The molecule has 0 bridgehead atoms. The molecule has 0 aliphatic heterocycles. The summed E-state index contributed by atoms with van der Waals surface area (Å²) in [6.45, 7) is -0.236. The quantitative estimate of drug-likeness (QED) is 0.560. The highest BCUT2D eigenvalue weighted by atomic mass is 32.2. The van der Waals surface area contributed by atoms with Gasteiger partial charge in [0.25, 0.3) is 0 Å². The van der Waals surface area contributed by atoms with Crippen molar-refractivity contribution in [2.24, 2.45) is 5.92 Å². The van der Waals surface area contributed by atoms with Crippen LogP contribution < -0.4 is 5.32 Å². The number of aromatic nitrogens is 2. The molecule has 0 saturated heterocycles. The predicted octanol–water partition coefficient (Wildman–Crippen LogP) is 3.26. The third-order valence-electron chi connectivity index (χ3n) is 7.08. The lowest BCUT2D eigenvalue weighted by molar-refractivity contribution is -0.119. The number of aliphatic hydroxyl groups excluding tert-OH is 1. The van der Waals surface area contributed by atoms with Gasteiger partial charge < -0.3 is 10.4 Å². The number of sulfone groups is 1. The van der Waals surface area contributed by atoms with E-state index in [0.29, 0.717) is 42.7 Å². The number of benzene rings is 1. The molecule has 3 aliphatic rings. The Morgan fingerprint density at radius 3 is 2.50 bits per heavy atom. The van der Waals surface area contributed by atoms with Crippen LogP contribution in [0.1, 0.15) is 80.0 Å². The lowest BCUT2D eigenvalue weighted by Crippen LogP contribution is -2.24. The van der Waals surface area contributed by atoms with Crippen LogP contribution in [-0.2, 0) is 26.0 Å². The number of hydrogen-bond donors (Lipinski definition) is 2. The number of carbonyl (C=O) groups is 2. The van der Waals surface area contributed by atoms with Gasteiger partial charge in [0.2, 0.25) is 5.91 Å². The van der Waals surface area contributed by atoms with Crippen LogP contribution in [0.3, 0.4) is 0 Å². The fourth-order valence-electron chi connectivity index (χ4n) is 4.85. The lowest BCUT2D eigenvalue weighted by atomic mass is 9.86. The van der Waals surface area contributed by atoms with Gasteiger partial charge in [-0.25, -0.2) is 13.4 Å². The summed E-state index contributed by atoms with van der Waals surface area (Å²) in [4.78, 5) is 33.9. The average Bonchev–Trinajstić information content (AvgIpc) is 3.75. The second kappa shape index (κ2) is 9.19. The maximum atomic E-state index is 13.4. The molecule has 9 heteroatoms. The summed E-state index contributed by atoms with van der Waals surface area (Å²) in [5.41, 5.74) is 2.01. The first-order valence-corrected chi connectivity index (χ1v) is 13.5. The number of nitrogens with zero attached hydrogens (tertiary/aromatic N) is 2. The zero-order chi connectivity index (χ0) is 23.9. The normalized spacial score (nSPS) is 21.4. The molecule has 5 rings (SSSR count). The Bertz CT molecular complexity index is 1200. The van der Waals surface area contributed by atoms with Gasteiger partial charge in [0, 0.05) is 12.8 Å². The molecular formula is C25H29N3O5S. The standard InChI is InChI=1S/C25H29N3O5S/c29-14-18-12-27-24(13-26-18)28-25(31)22(10-15-1-5-19(30)9-15)17-4-8-23(21(11-17)16-2-3-16)34(32,33)20-6-7-20/h4,8,11-13,15-16,20,22,29H,1-3,5-7,9-10,14H2,(H,27,28,31)/t15-,22+/m0/s1. The molecule has 1 aromatic carbocycles. The second-order valence-electron chi connectivity index (χ2n) is 9.79. The number of carbonyl (C=O) groups excluding carboxylic acids is 2. The second-order valence-corrected chi connectivity index (χ2v) is 12.0. The first kappa shape index (κ1) is 23.1. The number of ketones is 1. The highest BCUT2D eigenvalue weighted by Crippen LogP contribution is 2.47. The topological polar surface area (TPSA) is 126 Å². The summed E-state index contributed by atoms with van der Waals surface area (Å²) in [6.07, 6.45) is 8.43. The molecule has 3 fully saturated rings. The Balaban J connectivity index is 1.45. The van der Waals surface area contributed by atoms with Crippen LogP contribution in [0, 0.1) is 5.92 Å². The molecule has 8 nitrogen and oxygen atoms in total. The molecular weight excluding hydrogens is 454 g/mol. The van der Waals surface area contributed by atoms with E-state index in [9.17, 15) is 18.0 Å². The van der Waals surface area contributed by atoms with Crippen LogP contribution >= 0.6 is 0 Å². The van der Waals surface area contributed by atoms with Crippen molar-refractivity contribution in [1.82, 2.24) is 9.97 Å². The van der Waals surface area contributed by atoms with Gasteiger partial charge in [-0.05, 0) is 67.6 Å². The molecule has 1 heterocycles. The first-order chi connectivity index (χ1) is 16.3. The molecule has 1 aromatic heterocycles. The minimum atomic E-state index is -3.33. The minimum Gasteiger partial charge on any atom is -0.390 e. The van der Waals surface area contributed by atoms with Crippen LogP contribution in [0.4, 0.5) is 5.82 Å². The van der Waals surface area contributed by atoms with Gasteiger partial charge in [0.1, 0.15) is 5.78 Å². The van der Waals surface area contributed by atoms with Crippen LogP contribution in [-0.4, -0.2) is 40.4 Å². The Morgan fingerprint density at radius 1 is 1.12 bits per heavy atom. The van der Waals surface area contributed by atoms with Crippen LogP contribution in [0.5, 0.6) is 0 Å². The summed E-state index contributed by atoms with van der Waals surface area (Å²) < 4.78 is 26.0. The van der Waals surface area contributed by atoms with Crippen molar-refractivity contribution in [2.45, 2.75) is 80.0 Å². The van der Waals surface area contributed by atoms with Gasteiger partial charge >= 0.3 is 0 Å². The van der Waals surface area contributed by atoms with Crippen LogP contribution in [0.15, 0.2) is 35.5 Å². The summed E-state index contributed by atoms with van der Waals surface area (Å²) in [6, 6.07) is 5.36. The molecule has 180 valence electrons. The number of anilines is 1. The Kier molecular flexibility index (Phi) is 6.24. The summed E-state index contributed by atoms with van der Waals surface area (Å²) in [7, 11) is -3.33. The molecule has 2 aromatic rings. The molecule has 34 heavy (non-hydrogen) atoms. The maximum Gasteiger partial charge on any atom is 0.233 e. The fourth-order valence-corrected chi connectivity index (χ4v) is 6.78. The van der Waals surface area contributed by atoms with Crippen molar-refractivity contribution in [3.63, 3.8) is 0 Å². The van der Waals surface area contributed by atoms with Crippen molar-refractivity contribution < 1.29 is 23.1 Å². The first-order valence-electron chi connectivity index (χ1n) is 12.0. The van der Waals surface area contributed by atoms with Crippen LogP contribution in [0.25, 0.3) is 0 Å². The van der Waals surface area contributed by atoms with E-state index < -0.39 is 15.8 Å². The van der Waals surface area contributed by atoms with Gasteiger partial charge in [-0.15, -0.1) is 0 Å². The van der Waals surface area contributed by atoms with Gasteiger partial charge in [-0.1, -0.05) is 12.1 Å². The molecule has 0 radical (unpaired) electrons. The van der Waals surface area contributed by atoms with Gasteiger partial charge in [-0.3, -0.25) is 14.6 Å². The summed E-state index contributed by atoms with van der Waals surface area (Å²) >= 11 is 0. The third kappa shape index (κ3) is 4.90. The van der Waals surface area contributed by atoms with E-state index in [1.165, 1.54) is 12.4 Å². The fraction of sp³-hybridized carbons (Fsp3) is 0.520. The SMILES string of the molecule is O=C1CC[C@H](C[C@@H](C(=O)Nc2cnc(CO)cn2)c2ccc(S(=O)(=O)C3CC3)c(C3CC3)c2)C1. The molecule has 1 amide bonds. The smallest absolute Gasteiger partial charge is 0.233 e. The van der Waals surface area contributed by atoms with Gasteiger partial charge in [0.05, 0.1) is 40.8 Å². The summed E-state index contributed by atoms with van der Waals surface area (Å²) in [5, 5.41) is 11.7. The molecule has 2 N–H and O–H groups in total. The Morgan fingerprint density at radius 2 is 1.91 bits per heavy atom. The van der Waals surface area contributed by atoms with Crippen LogP contribution in [0.2, 0.25) is 0 Å². The largest absolute Gasteiger partial charge is 0.390 e. The van der Waals surface area contributed by atoms with Crippen molar-refractivity contribution in [3.8, 4) is 0 Å². The lowest BCUT2D eigenvalue weighted by Gasteiger charge is -2.22. The van der Waals surface area contributed by atoms with Crippen molar-refractivity contribution >= 4 is 27.3 Å². The van der Waals surface area contributed by atoms with Gasteiger partial charge in [0.15, 0.2) is 15.7 Å². The number of hydrogen-bond acceptors (Lipinski definition) is 7. The molecule has 2 atom stereocenters. The maximum absolute atomic E-state index is 13.4. The van der Waals surface area contributed by atoms with Gasteiger partial charge in [-0.2, -0.15) is 0 Å². The number of Topliss-reactive ketones (excluding diaryl/α,β-unsaturated/α-hetero) is 1. The van der Waals surface area contributed by atoms with E-state index >= 15 is 0 Å². The average molecular weight is 484 g/mol. The van der Waals surface area contributed by atoms with E-state index in [1.54, 1.807) is 12.1 Å². The number of aliphatic hydroxyl groups is 1. The predicted molar refractivity (Wildman–Crippen MR) is 125 cm³/mol. The molecule has 0 spiro atoms. The van der Waals surface area contributed by atoms with E-state index in [4.69, 9.17) is 5.11 Å². The van der Waals surface area contributed by atoms with E-state index in [2.05, 4.69) is 15.3 Å². The molecule has 3 saturated carbocycles. The zero-order valence-electron chi connectivity index (χ0n) is 18.9. The minimum absolute atomic E-state index is 0.116. The van der Waals surface area contributed by atoms with E-state index in [0.717, 1.165) is 30.4 Å². The van der Waals surface area contributed by atoms with E-state index in [1.807, 2.05) is 6.07 Å². The zero-order valence-corrected chi connectivity index (χ0v) is 19.8. The van der Waals surface area contributed by atoms with Crippen molar-refractivity contribution in [3.05, 3.63) is 47.4 Å². The van der Waals surface area contributed by atoms with E-state index in [-0.39, 0.29) is 41.2 Å². The highest BCUT2D eigenvalue weighted by Gasteiger charge is 2.41. The highest BCUT2D eigenvalue weighted by molar-refractivity contribution is 7.92. The monoisotopic (exact) mass is 483 g/mol. The number of amides is 1. The Hall–Kier alpha value is -2.65. The molecule has 0 unspecified atom stereocenters. The van der Waals surface area contributed by atoms with Crippen molar-refractivity contribution in [2.75, 3.05) is 5.32 Å². The summed E-state index contributed by atoms with van der Waals surface area (Å²) in [5.74, 6) is 0.0435. The third-order valence-corrected chi connectivity index (χ3v) is 9.41. The number of rotatable bonds is 9. The van der Waals surface area contributed by atoms with Crippen molar-refractivity contribution in [1.29, 1.82) is 0 Å². The number of nitrogens with one attached hydrogen (secondary N) is 1. The molecule has 3 aliphatic carbocycles.